The molecule has 10 heavy (non-hydrogen) atoms. The minimum Gasteiger partial charge on any atom is -0.370 e. The SMILES string of the molecule is CNNC1CCC2OC2C1. The van der Waals surface area contributed by atoms with Crippen molar-refractivity contribution in [1.82, 2.24) is 10.9 Å². The first-order valence-electron chi connectivity index (χ1n) is 3.98. The molecular weight excluding hydrogens is 128 g/mol. The molecule has 0 spiro atoms. The lowest BCUT2D eigenvalue weighted by molar-refractivity contribution is 0.356. The number of epoxide rings is 1. The van der Waals surface area contributed by atoms with E-state index in [1.165, 1.54) is 19.3 Å². The highest BCUT2D eigenvalue weighted by molar-refractivity contribution is 4.93. The minimum absolute atomic E-state index is 0.583. The summed E-state index contributed by atoms with van der Waals surface area (Å²) in [5.74, 6) is 0. The summed E-state index contributed by atoms with van der Waals surface area (Å²) in [5, 5.41) is 0. The summed E-state index contributed by atoms with van der Waals surface area (Å²) in [6.07, 6.45) is 4.88. The van der Waals surface area contributed by atoms with Gasteiger partial charge in [-0.05, 0) is 26.3 Å². The van der Waals surface area contributed by atoms with Gasteiger partial charge in [0.25, 0.3) is 0 Å². The van der Waals surface area contributed by atoms with E-state index in [1.54, 1.807) is 0 Å². The molecule has 2 aliphatic rings. The van der Waals surface area contributed by atoms with Gasteiger partial charge < -0.3 is 4.74 Å². The van der Waals surface area contributed by atoms with Crippen molar-refractivity contribution in [2.75, 3.05) is 7.05 Å². The van der Waals surface area contributed by atoms with Crippen LogP contribution in [0.25, 0.3) is 0 Å². The van der Waals surface area contributed by atoms with E-state index in [9.17, 15) is 0 Å². The lowest BCUT2D eigenvalue weighted by Crippen LogP contribution is -2.40. The van der Waals surface area contributed by atoms with Crippen molar-refractivity contribution in [3.8, 4) is 0 Å². The molecule has 58 valence electrons. The van der Waals surface area contributed by atoms with Crippen LogP contribution in [0.3, 0.4) is 0 Å². The number of hydrogen-bond acceptors (Lipinski definition) is 3. The summed E-state index contributed by atoms with van der Waals surface area (Å²) in [7, 11) is 1.92. The van der Waals surface area contributed by atoms with Crippen molar-refractivity contribution in [3.63, 3.8) is 0 Å². The molecule has 0 aromatic carbocycles. The Bertz CT molecular complexity index is 129. The van der Waals surface area contributed by atoms with E-state index in [0.29, 0.717) is 18.2 Å². The van der Waals surface area contributed by atoms with E-state index in [1.807, 2.05) is 7.05 Å². The summed E-state index contributed by atoms with van der Waals surface area (Å²) in [6, 6.07) is 0.633. The van der Waals surface area contributed by atoms with Crippen molar-refractivity contribution in [2.24, 2.45) is 0 Å². The van der Waals surface area contributed by atoms with Gasteiger partial charge in [-0.1, -0.05) is 0 Å². The molecule has 3 nitrogen and oxygen atoms in total. The normalized spacial score (nSPS) is 44.7. The standard InChI is InChI=1S/C7H14N2O/c1-8-9-5-2-3-6-7(4-5)10-6/h5-9H,2-4H2,1H3. The summed E-state index contributed by atoms with van der Waals surface area (Å²) >= 11 is 0. The van der Waals surface area contributed by atoms with E-state index in [-0.39, 0.29) is 0 Å². The lowest BCUT2D eigenvalue weighted by Gasteiger charge is -2.19. The maximum absolute atomic E-state index is 5.39. The number of hydrogen-bond donors (Lipinski definition) is 2. The van der Waals surface area contributed by atoms with Crippen molar-refractivity contribution in [3.05, 3.63) is 0 Å². The first-order chi connectivity index (χ1) is 4.90. The molecule has 0 amide bonds. The second kappa shape index (κ2) is 2.49. The molecule has 2 fully saturated rings. The van der Waals surface area contributed by atoms with E-state index in [0.717, 1.165) is 0 Å². The molecule has 3 atom stereocenters. The zero-order valence-corrected chi connectivity index (χ0v) is 6.26. The highest BCUT2D eigenvalue weighted by atomic mass is 16.6. The zero-order valence-electron chi connectivity index (χ0n) is 6.26. The van der Waals surface area contributed by atoms with Gasteiger partial charge in [-0.15, -0.1) is 0 Å². The second-order valence-corrected chi connectivity index (χ2v) is 3.12. The van der Waals surface area contributed by atoms with Gasteiger partial charge in [0.05, 0.1) is 12.2 Å². The highest BCUT2D eigenvalue weighted by Gasteiger charge is 2.43. The van der Waals surface area contributed by atoms with E-state index >= 15 is 0 Å². The third kappa shape index (κ3) is 1.17. The van der Waals surface area contributed by atoms with Crippen molar-refractivity contribution < 1.29 is 4.74 Å². The van der Waals surface area contributed by atoms with Gasteiger partial charge in [0, 0.05) is 6.04 Å². The Morgan fingerprint density at radius 3 is 2.90 bits per heavy atom. The summed E-state index contributed by atoms with van der Waals surface area (Å²) in [5.41, 5.74) is 6.18. The van der Waals surface area contributed by atoms with Crippen molar-refractivity contribution >= 4 is 0 Å². The van der Waals surface area contributed by atoms with Gasteiger partial charge in [0.1, 0.15) is 0 Å². The number of hydrazine groups is 1. The van der Waals surface area contributed by atoms with Crippen LogP contribution < -0.4 is 10.9 Å². The van der Waals surface area contributed by atoms with Gasteiger partial charge in [-0.3, -0.25) is 10.9 Å². The molecular formula is C7H14N2O. The van der Waals surface area contributed by atoms with E-state index < -0.39 is 0 Å². The van der Waals surface area contributed by atoms with Crippen LogP contribution in [0.5, 0.6) is 0 Å². The van der Waals surface area contributed by atoms with Crippen molar-refractivity contribution in [2.45, 2.75) is 37.5 Å². The van der Waals surface area contributed by atoms with Crippen LogP contribution in [0.4, 0.5) is 0 Å². The maximum Gasteiger partial charge on any atom is 0.0857 e. The maximum atomic E-state index is 5.39. The van der Waals surface area contributed by atoms with Crippen LogP contribution in [-0.2, 0) is 4.74 Å². The average molecular weight is 142 g/mol. The summed E-state index contributed by atoms with van der Waals surface area (Å²) < 4.78 is 5.39. The number of nitrogens with one attached hydrogen (secondary N) is 2. The van der Waals surface area contributed by atoms with E-state index in [4.69, 9.17) is 4.74 Å². The molecule has 2 rings (SSSR count). The third-order valence-electron chi connectivity index (χ3n) is 2.35. The molecule has 3 heteroatoms. The molecule has 1 aliphatic carbocycles. The van der Waals surface area contributed by atoms with Crippen LogP contribution in [0.15, 0.2) is 0 Å². The highest BCUT2D eigenvalue weighted by Crippen LogP contribution is 2.36. The lowest BCUT2D eigenvalue weighted by atomic mass is 9.96. The topological polar surface area (TPSA) is 36.6 Å². The van der Waals surface area contributed by atoms with Crippen LogP contribution in [0, 0.1) is 0 Å². The smallest absolute Gasteiger partial charge is 0.0857 e. The Kier molecular flexibility index (Phi) is 1.64. The Hall–Kier alpha value is -0.120. The Morgan fingerprint density at radius 1 is 1.30 bits per heavy atom. The van der Waals surface area contributed by atoms with Gasteiger partial charge >= 0.3 is 0 Å². The predicted molar refractivity (Wildman–Crippen MR) is 38.5 cm³/mol. The molecule has 1 saturated carbocycles. The number of rotatable bonds is 2. The van der Waals surface area contributed by atoms with E-state index in [2.05, 4.69) is 10.9 Å². The number of ether oxygens (including phenoxy) is 1. The molecule has 3 unspecified atom stereocenters. The third-order valence-corrected chi connectivity index (χ3v) is 2.35. The van der Waals surface area contributed by atoms with Gasteiger partial charge in [0.15, 0.2) is 0 Å². The van der Waals surface area contributed by atoms with Gasteiger partial charge in [-0.2, -0.15) is 0 Å². The van der Waals surface area contributed by atoms with Crippen LogP contribution in [0.1, 0.15) is 19.3 Å². The van der Waals surface area contributed by atoms with Crippen LogP contribution in [-0.4, -0.2) is 25.3 Å². The fourth-order valence-corrected chi connectivity index (χ4v) is 1.74. The molecule has 0 aromatic heterocycles. The first-order valence-corrected chi connectivity index (χ1v) is 3.98. The largest absolute Gasteiger partial charge is 0.370 e. The Labute approximate surface area is 61.1 Å². The molecule has 1 saturated heterocycles. The molecule has 1 heterocycles. The molecule has 0 radical (unpaired) electrons. The zero-order chi connectivity index (χ0) is 6.97. The minimum atomic E-state index is 0.583. The molecule has 0 bridgehead atoms. The fraction of sp³-hybridized carbons (Fsp3) is 1.00. The molecule has 2 N–H and O–H groups in total. The summed E-state index contributed by atoms with van der Waals surface area (Å²) in [6.45, 7) is 0. The Morgan fingerprint density at radius 2 is 2.20 bits per heavy atom. The Balaban J connectivity index is 1.77. The van der Waals surface area contributed by atoms with Gasteiger partial charge in [-0.25, -0.2) is 0 Å². The number of fused-ring (bicyclic) bond motifs is 1. The average Bonchev–Trinajstić information content (AvgIpc) is 2.66. The van der Waals surface area contributed by atoms with Gasteiger partial charge in [0.2, 0.25) is 0 Å². The first kappa shape index (κ1) is 6.58. The summed E-state index contributed by atoms with van der Waals surface area (Å²) in [4.78, 5) is 0. The fourth-order valence-electron chi connectivity index (χ4n) is 1.74. The van der Waals surface area contributed by atoms with Crippen molar-refractivity contribution in [1.29, 1.82) is 0 Å². The monoisotopic (exact) mass is 142 g/mol. The molecule has 1 aliphatic heterocycles. The quantitative estimate of drug-likeness (QED) is 0.422. The van der Waals surface area contributed by atoms with Crippen LogP contribution >= 0.6 is 0 Å². The predicted octanol–water partition coefficient (Wildman–Crippen LogP) is 0.0303. The second-order valence-electron chi connectivity index (χ2n) is 3.12. The van der Waals surface area contributed by atoms with Crippen LogP contribution in [0.2, 0.25) is 0 Å². The molecule has 0 aromatic rings.